The number of aromatic nitrogens is 3. The second-order valence-electron chi connectivity index (χ2n) is 8.58. The first kappa shape index (κ1) is 23.8. The van der Waals surface area contributed by atoms with Gasteiger partial charge >= 0.3 is 0 Å². The average Bonchev–Trinajstić information content (AvgIpc) is 3.11. The lowest BCUT2D eigenvalue weighted by Crippen LogP contribution is -2.24. The Morgan fingerprint density at radius 3 is 2.91 bits per heavy atom. The van der Waals surface area contributed by atoms with Crippen LogP contribution in [-0.2, 0) is 10.5 Å². The van der Waals surface area contributed by atoms with Crippen LogP contribution in [0.1, 0.15) is 55.3 Å². The number of carbonyl (C=O) groups excluding carboxylic acids is 1. The summed E-state index contributed by atoms with van der Waals surface area (Å²) < 4.78 is 6.02. The summed E-state index contributed by atoms with van der Waals surface area (Å²) in [6.07, 6.45) is 7.88. The molecule has 33 heavy (non-hydrogen) atoms. The van der Waals surface area contributed by atoms with Crippen LogP contribution in [0.5, 0.6) is 5.75 Å². The minimum atomic E-state index is -0.356. The molecular formula is C24H30N4O3S2. The zero-order chi connectivity index (χ0) is 23.4. The van der Waals surface area contributed by atoms with E-state index in [1.54, 1.807) is 6.20 Å². The molecule has 2 N–H and O–H groups in total. The van der Waals surface area contributed by atoms with Gasteiger partial charge in [0.15, 0.2) is 11.6 Å². The molecule has 3 aromatic heterocycles. The van der Waals surface area contributed by atoms with Crippen LogP contribution in [0, 0.1) is 19.8 Å². The van der Waals surface area contributed by atoms with E-state index in [1.165, 1.54) is 55.2 Å². The summed E-state index contributed by atoms with van der Waals surface area (Å²) in [7, 11) is 0. The fourth-order valence-corrected chi connectivity index (χ4v) is 5.83. The maximum Gasteiger partial charge on any atom is 0.259 e. The Bertz CT molecular complexity index is 1180. The minimum Gasteiger partial charge on any atom is -0.489 e. The molecule has 0 spiro atoms. The van der Waals surface area contributed by atoms with Crippen LogP contribution in [0.25, 0.3) is 10.2 Å². The molecule has 4 rings (SSSR count). The summed E-state index contributed by atoms with van der Waals surface area (Å²) in [5.74, 6) is 2.47. The number of thiophene rings is 1. The molecule has 9 heteroatoms. The van der Waals surface area contributed by atoms with Crippen LogP contribution >= 0.6 is 23.1 Å². The minimum absolute atomic E-state index is 0.122. The summed E-state index contributed by atoms with van der Waals surface area (Å²) in [6, 6.07) is 3.66. The number of nitrogens with zero attached hydrogens (tertiary/aromatic N) is 2. The molecule has 1 fully saturated rings. The van der Waals surface area contributed by atoms with Gasteiger partial charge in [0.1, 0.15) is 10.7 Å². The molecule has 0 bridgehead atoms. The molecule has 1 aliphatic carbocycles. The number of aromatic amines is 1. The van der Waals surface area contributed by atoms with E-state index >= 15 is 0 Å². The predicted molar refractivity (Wildman–Crippen MR) is 135 cm³/mol. The van der Waals surface area contributed by atoms with Crippen LogP contribution < -0.4 is 15.6 Å². The summed E-state index contributed by atoms with van der Waals surface area (Å²) in [5, 5.41) is 3.20. The fourth-order valence-electron chi connectivity index (χ4n) is 4.03. The third-order valence-corrected chi connectivity index (χ3v) is 8.39. The van der Waals surface area contributed by atoms with Crippen LogP contribution in [0.4, 0.5) is 5.82 Å². The van der Waals surface area contributed by atoms with Gasteiger partial charge in [-0.05, 0) is 57.2 Å². The Labute approximate surface area is 201 Å². The number of hydrogen-bond donors (Lipinski definition) is 2. The molecule has 1 unspecified atom stereocenters. The van der Waals surface area contributed by atoms with Crippen LogP contribution in [0.2, 0.25) is 0 Å². The van der Waals surface area contributed by atoms with E-state index in [-0.39, 0.29) is 16.7 Å². The Hall–Kier alpha value is -2.39. The first-order valence-electron chi connectivity index (χ1n) is 11.4. The summed E-state index contributed by atoms with van der Waals surface area (Å²) in [6.45, 7) is 6.42. The number of amides is 1. The molecule has 3 aromatic rings. The van der Waals surface area contributed by atoms with Gasteiger partial charge in [-0.2, -0.15) is 0 Å². The number of fused-ring (bicyclic) bond motifs is 1. The Morgan fingerprint density at radius 1 is 1.33 bits per heavy atom. The molecule has 0 radical (unpaired) electrons. The number of hydrogen-bond acceptors (Lipinski definition) is 7. The zero-order valence-electron chi connectivity index (χ0n) is 19.3. The number of rotatable bonds is 8. The highest BCUT2D eigenvalue weighted by atomic mass is 32.2. The quantitative estimate of drug-likeness (QED) is 0.453. The van der Waals surface area contributed by atoms with E-state index in [1.807, 2.05) is 32.9 Å². The van der Waals surface area contributed by atoms with Crippen molar-refractivity contribution in [3.05, 3.63) is 44.9 Å². The fraction of sp³-hybridized carbons (Fsp3) is 0.500. The second kappa shape index (κ2) is 10.7. The van der Waals surface area contributed by atoms with E-state index in [4.69, 9.17) is 4.74 Å². The monoisotopic (exact) mass is 486 g/mol. The van der Waals surface area contributed by atoms with Crippen molar-refractivity contribution in [3.63, 3.8) is 0 Å². The second-order valence-corrected chi connectivity index (χ2v) is 11.1. The van der Waals surface area contributed by atoms with Gasteiger partial charge in [-0.3, -0.25) is 9.59 Å². The van der Waals surface area contributed by atoms with E-state index in [0.717, 1.165) is 15.3 Å². The Morgan fingerprint density at radius 2 is 2.12 bits per heavy atom. The van der Waals surface area contributed by atoms with E-state index < -0.39 is 0 Å². The van der Waals surface area contributed by atoms with Crippen molar-refractivity contribution >= 4 is 45.0 Å². The van der Waals surface area contributed by atoms with Crippen LogP contribution in [0.15, 0.2) is 23.1 Å². The number of pyridine rings is 1. The van der Waals surface area contributed by atoms with Gasteiger partial charge in [-0.1, -0.05) is 19.3 Å². The number of H-pyrrole nitrogens is 1. The van der Waals surface area contributed by atoms with Crippen molar-refractivity contribution in [1.82, 2.24) is 15.0 Å². The van der Waals surface area contributed by atoms with Gasteiger partial charge in [0.05, 0.1) is 23.0 Å². The molecule has 0 aliphatic heterocycles. The van der Waals surface area contributed by atoms with E-state index in [9.17, 15) is 9.59 Å². The number of ether oxygens (including phenoxy) is 1. The lowest BCUT2D eigenvalue weighted by atomic mass is 9.90. The number of anilines is 1. The number of thioether (sulfide) groups is 1. The van der Waals surface area contributed by atoms with Gasteiger partial charge in [0.2, 0.25) is 5.91 Å². The summed E-state index contributed by atoms with van der Waals surface area (Å²) in [5.41, 5.74) is 0.857. The Balaban J connectivity index is 1.35. The van der Waals surface area contributed by atoms with Crippen molar-refractivity contribution in [2.45, 2.75) is 63.9 Å². The number of nitrogens with one attached hydrogen (secondary N) is 2. The normalized spacial score (nSPS) is 15.5. The van der Waals surface area contributed by atoms with Crippen molar-refractivity contribution in [2.24, 2.45) is 5.92 Å². The molecule has 3 heterocycles. The zero-order valence-corrected chi connectivity index (χ0v) is 20.9. The topological polar surface area (TPSA) is 97.0 Å². The van der Waals surface area contributed by atoms with Gasteiger partial charge in [-0.15, -0.1) is 23.1 Å². The molecule has 7 nitrogen and oxygen atoms in total. The third-order valence-electron chi connectivity index (χ3n) is 6.14. The van der Waals surface area contributed by atoms with Crippen molar-refractivity contribution in [1.29, 1.82) is 0 Å². The van der Waals surface area contributed by atoms with Gasteiger partial charge in [-0.25, -0.2) is 9.97 Å². The lowest BCUT2D eigenvalue weighted by Gasteiger charge is -2.22. The largest absolute Gasteiger partial charge is 0.489 e. The van der Waals surface area contributed by atoms with Gasteiger partial charge < -0.3 is 15.0 Å². The molecule has 1 atom stereocenters. The summed E-state index contributed by atoms with van der Waals surface area (Å²) >= 11 is 2.94. The van der Waals surface area contributed by atoms with E-state index in [2.05, 4.69) is 20.3 Å². The summed E-state index contributed by atoms with van der Waals surface area (Å²) in [4.78, 5) is 38.9. The lowest BCUT2D eigenvalue weighted by molar-refractivity contribution is -0.115. The first-order valence-corrected chi connectivity index (χ1v) is 13.3. The molecule has 0 aromatic carbocycles. The van der Waals surface area contributed by atoms with Crippen LogP contribution in [0.3, 0.4) is 0 Å². The van der Waals surface area contributed by atoms with Crippen molar-refractivity contribution in [3.8, 4) is 5.75 Å². The van der Waals surface area contributed by atoms with E-state index in [0.29, 0.717) is 41.1 Å². The predicted octanol–water partition coefficient (Wildman–Crippen LogP) is 5.22. The highest BCUT2D eigenvalue weighted by molar-refractivity contribution is 7.99. The maximum atomic E-state index is 12.8. The van der Waals surface area contributed by atoms with Crippen molar-refractivity contribution < 1.29 is 9.53 Å². The van der Waals surface area contributed by atoms with Gasteiger partial charge in [0, 0.05) is 11.1 Å². The highest BCUT2D eigenvalue weighted by Crippen LogP contribution is 2.29. The molecule has 1 saturated carbocycles. The highest BCUT2D eigenvalue weighted by Gasteiger charge is 2.19. The number of carbonyl (C=O) groups is 1. The molecule has 1 aliphatic rings. The maximum absolute atomic E-state index is 12.8. The average molecular weight is 487 g/mol. The molecule has 1 amide bonds. The molecule has 0 saturated heterocycles. The molecule has 176 valence electrons. The smallest absolute Gasteiger partial charge is 0.259 e. The standard InChI is InChI=1S/C24H30N4O3S2/c1-14-15(2)33-24-20(14)23(30)26-19(27-24)13-32-16(3)22(29)28-21-18(10-7-11-25-21)31-12-17-8-5-4-6-9-17/h7,10-11,16-17H,4-6,8-9,12-13H2,1-3H3,(H,25,28,29)(H,26,27,30). The molecular weight excluding hydrogens is 456 g/mol. The SMILES string of the molecule is Cc1sc2nc(CSC(C)C(=O)Nc3ncccc3OCC3CCCCC3)[nH]c(=O)c2c1C. The Kier molecular flexibility index (Phi) is 7.70. The third kappa shape index (κ3) is 5.76. The van der Waals surface area contributed by atoms with Crippen LogP contribution in [-0.4, -0.2) is 32.7 Å². The van der Waals surface area contributed by atoms with Crippen molar-refractivity contribution in [2.75, 3.05) is 11.9 Å². The first-order chi connectivity index (χ1) is 15.9. The number of aryl methyl sites for hydroxylation is 2. The van der Waals surface area contributed by atoms with Gasteiger partial charge in [0.25, 0.3) is 5.56 Å².